The van der Waals surface area contributed by atoms with Gasteiger partial charge in [0.1, 0.15) is 16.7 Å². The molecule has 0 radical (unpaired) electrons. The van der Waals surface area contributed by atoms with E-state index < -0.39 is 0 Å². The minimum Gasteiger partial charge on any atom is -0.456 e. The molecule has 0 amide bonds. The summed E-state index contributed by atoms with van der Waals surface area (Å²) >= 11 is 0. The Balaban J connectivity index is 1.37. The molecule has 0 unspecified atom stereocenters. The average molecular weight is 652 g/mol. The number of para-hydroxylation sites is 3. The molecule has 51 heavy (non-hydrogen) atoms. The van der Waals surface area contributed by atoms with Gasteiger partial charge in [-0.25, -0.2) is 0 Å². The number of anilines is 3. The number of benzene rings is 9. The van der Waals surface area contributed by atoms with Gasteiger partial charge in [-0.1, -0.05) is 140 Å². The Hall–Kier alpha value is -6.84. The first-order valence-electron chi connectivity index (χ1n) is 17.4. The Morgan fingerprint density at radius 2 is 0.922 bits per heavy atom. The number of fused-ring (bicyclic) bond motifs is 10. The summed E-state index contributed by atoms with van der Waals surface area (Å²) < 4.78 is 13.3. The lowest BCUT2D eigenvalue weighted by atomic mass is 9.89. The number of furan rings is 2. The van der Waals surface area contributed by atoms with Crippen molar-refractivity contribution in [1.29, 1.82) is 0 Å². The topological polar surface area (TPSA) is 29.5 Å². The van der Waals surface area contributed by atoms with Crippen molar-refractivity contribution in [3.8, 4) is 11.1 Å². The van der Waals surface area contributed by atoms with Crippen LogP contribution in [0.2, 0.25) is 0 Å². The fourth-order valence-corrected chi connectivity index (χ4v) is 8.21. The molecule has 9 aromatic carbocycles. The highest BCUT2D eigenvalue weighted by Gasteiger charge is 2.28. The van der Waals surface area contributed by atoms with Gasteiger partial charge in [0, 0.05) is 27.1 Å². The van der Waals surface area contributed by atoms with E-state index in [9.17, 15) is 0 Å². The highest BCUT2D eigenvalue weighted by atomic mass is 16.3. The summed E-state index contributed by atoms with van der Waals surface area (Å²) in [4.78, 5) is 2.44. The van der Waals surface area contributed by atoms with Gasteiger partial charge in [-0.2, -0.15) is 0 Å². The first-order chi connectivity index (χ1) is 25.3. The molecule has 0 aliphatic carbocycles. The minimum atomic E-state index is 0.838. The molecule has 0 spiro atoms. The molecule has 0 aliphatic rings. The molecular formula is C48H29NO2. The van der Waals surface area contributed by atoms with Crippen molar-refractivity contribution < 1.29 is 8.83 Å². The molecule has 11 rings (SSSR count). The standard InChI is InChI=1S/C48H29NO2/c1-2-14-31-29-32(28-27-30(31)13-1)45-36-18-5-3-15-33(36)34-16-4-6-19-37(34)47(45)49(40-22-12-26-44-46(40)39-20-8-10-25-43(39)50-44)41-23-11-21-38-35-17-7-9-24-42(35)51-48(38)41/h1-29H. The zero-order valence-electron chi connectivity index (χ0n) is 27.5. The van der Waals surface area contributed by atoms with E-state index in [0.717, 1.165) is 77.5 Å². The van der Waals surface area contributed by atoms with Crippen LogP contribution in [0, 0.1) is 0 Å². The molecule has 3 nitrogen and oxygen atoms in total. The van der Waals surface area contributed by atoms with Gasteiger partial charge in [0.05, 0.1) is 22.4 Å². The molecule has 0 saturated carbocycles. The van der Waals surface area contributed by atoms with E-state index >= 15 is 0 Å². The van der Waals surface area contributed by atoms with Crippen LogP contribution in [-0.4, -0.2) is 0 Å². The summed E-state index contributed by atoms with van der Waals surface area (Å²) in [5.74, 6) is 0. The van der Waals surface area contributed by atoms with Crippen LogP contribution in [0.3, 0.4) is 0 Å². The van der Waals surface area contributed by atoms with Crippen molar-refractivity contribution >= 4 is 93.3 Å². The van der Waals surface area contributed by atoms with Crippen LogP contribution in [-0.2, 0) is 0 Å². The summed E-state index contributed by atoms with van der Waals surface area (Å²) in [6.45, 7) is 0. The van der Waals surface area contributed by atoms with Crippen LogP contribution in [0.4, 0.5) is 17.1 Å². The smallest absolute Gasteiger partial charge is 0.159 e. The molecule has 0 N–H and O–H groups in total. The number of hydrogen-bond acceptors (Lipinski definition) is 3. The van der Waals surface area contributed by atoms with Crippen LogP contribution in [0.1, 0.15) is 0 Å². The van der Waals surface area contributed by atoms with Gasteiger partial charge in [0.2, 0.25) is 0 Å². The second-order valence-electron chi connectivity index (χ2n) is 13.2. The van der Waals surface area contributed by atoms with Crippen LogP contribution in [0.25, 0.3) is 87.3 Å². The summed E-state index contributed by atoms with van der Waals surface area (Å²) in [5, 5.41) is 11.5. The second kappa shape index (κ2) is 10.8. The third-order valence-electron chi connectivity index (χ3n) is 10.4. The number of hydrogen-bond donors (Lipinski definition) is 0. The van der Waals surface area contributed by atoms with Gasteiger partial charge in [0.15, 0.2) is 5.58 Å². The molecule has 0 atom stereocenters. The first kappa shape index (κ1) is 28.0. The van der Waals surface area contributed by atoms with E-state index in [1.165, 1.54) is 26.9 Å². The molecule has 0 saturated heterocycles. The van der Waals surface area contributed by atoms with Gasteiger partial charge in [-0.05, 0) is 68.9 Å². The van der Waals surface area contributed by atoms with Crippen LogP contribution in [0.5, 0.6) is 0 Å². The van der Waals surface area contributed by atoms with E-state index in [1.54, 1.807) is 0 Å². The van der Waals surface area contributed by atoms with E-state index in [0.29, 0.717) is 0 Å². The molecule has 0 bridgehead atoms. The largest absolute Gasteiger partial charge is 0.456 e. The lowest BCUT2D eigenvalue weighted by Gasteiger charge is -2.31. The van der Waals surface area contributed by atoms with Crippen LogP contribution < -0.4 is 4.90 Å². The maximum absolute atomic E-state index is 6.83. The normalized spacial score (nSPS) is 11.9. The lowest BCUT2D eigenvalue weighted by Crippen LogP contribution is -2.13. The molecule has 238 valence electrons. The highest BCUT2D eigenvalue weighted by Crippen LogP contribution is 2.53. The second-order valence-corrected chi connectivity index (χ2v) is 13.2. The van der Waals surface area contributed by atoms with Crippen molar-refractivity contribution in [2.45, 2.75) is 0 Å². The van der Waals surface area contributed by atoms with Crippen molar-refractivity contribution in [3.63, 3.8) is 0 Å². The van der Waals surface area contributed by atoms with Crippen molar-refractivity contribution in [1.82, 2.24) is 0 Å². The Bertz CT molecular complexity index is 3160. The lowest BCUT2D eigenvalue weighted by molar-refractivity contribution is 0.668. The van der Waals surface area contributed by atoms with E-state index in [4.69, 9.17) is 8.83 Å². The Morgan fingerprint density at radius 1 is 0.353 bits per heavy atom. The fourth-order valence-electron chi connectivity index (χ4n) is 8.21. The molecule has 0 aliphatic heterocycles. The van der Waals surface area contributed by atoms with Gasteiger partial charge in [-0.3, -0.25) is 0 Å². The summed E-state index contributed by atoms with van der Waals surface area (Å²) in [5.41, 5.74) is 8.79. The van der Waals surface area contributed by atoms with Crippen molar-refractivity contribution in [2.75, 3.05) is 4.90 Å². The first-order valence-corrected chi connectivity index (χ1v) is 17.4. The molecule has 11 aromatic rings. The van der Waals surface area contributed by atoms with Crippen molar-refractivity contribution in [3.05, 3.63) is 176 Å². The summed E-state index contributed by atoms with van der Waals surface area (Å²) in [6.07, 6.45) is 0. The molecule has 3 heteroatoms. The monoisotopic (exact) mass is 651 g/mol. The Kier molecular flexibility index (Phi) is 5.96. The van der Waals surface area contributed by atoms with Crippen molar-refractivity contribution in [2.24, 2.45) is 0 Å². The maximum Gasteiger partial charge on any atom is 0.159 e. The molecule has 0 fully saturated rings. The number of rotatable bonds is 4. The summed E-state index contributed by atoms with van der Waals surface area (Å²) in [7, 11) is 0. The zero-order valence-corrected chi connectivity index (χ0v) is 27.5. The van der Waals surface area contributed by atoms with Gasteiger partial charge >= 0.3 is 0 Å². The highest BCUT2D eigenvalue weighted by molar-refractivity contribution is 6.25. The number of nitrogens with zero attached hydrogens (tertiary/aromatic N) is 1. The SMILES string of the molecule is c1ccc2cc(-c3c(N(c4cccc5c4oc4ccccc45)c4cccc5oc6ccccc6c45)c4ccccc4c4ccccc34)ccc2c1. The molecule has 2 aromatic heterocycles. The molecule has 2 heterocycles. The summed E-state index contributed by atoms with van der Waals surface area (Å²) in [6, 6.07) is 62.6. The molecular weight excluding hydrogens is 623 g/mol. The predicted octanol–water partition coefficient (Wildman–Crippen LogP) is 14.1. The Labute approximate surface area is 293 Å². The van der Waals surface area contributed by atoms with Gasteiger partial charge in [-0.15, -0.1) is 0 Å². The average Bonchev–Trinajstić information content (AvgIpc) is 3.77. The van der Waals surface area contributed by atoms with E-state index in [1.807, 2.05) is 12.1 Å². The zero-order chi connectivity index (χ0) is 33.5. The third kappa shape index (κ3) is 4.12. The van der Waals surface area contributed by atoms with Crippen LogP contribution in [0.15, 0.2) is 185 Å². The van der Waals surface area contributed by atoms with E-state index in [-0.39, 0.29) is 0 Å². The van der Waals surface area contributed by atoms with E-state index in [2.05, 4.69) is 169 Å². The fraction of sp³-hybridized carbons (Fsp3) is 0. The quantitative estimate of drug-likeness (QED) is 0.177. The third-order valence-corrected chi connectivity index (χ3v) is 10.4. The Morgan fingerprint density at radius 3 is 1.75 bits per heavy atom. The van der Waals surface area contributed by atoms with Crippen LogP contribution >= 0.6 is 0 Å². The maximum atomic E-state index is 6.83. The van der Waals surface area contributed by atoms with Gasteiger partial charge in [0.25, 0.3) is 0 Å². The minimum absolute atomic E-state index is 0.838. The van der Waals surface area contributed by atoms with Gasteiger partial charge < -0.3 is 13.7 Å². The predicted molar refractivity (Wildman–Crippen MR) is 214 cm³/mol.